The summed E-state index contributed by atoms with van der Waals surface area (Å²) in [4.78, 5) is 24.6. The maximum Gasteiger partial charge on any atom is 0.338 e. The van der Waals surface area contributed by atoms with E-state index in [9.17, 15) is 18.0 Å². The molecule has 9 nitrogen and oxygen atoms in total. The minimum absolute atomic E-state index is 0.107. The van der Waals surface area contributed by atoms with E-state index in [2.05, 4.69) is 20.9 Å². The molecule has 2 aromatic rings. The van der Waals surface area contributed by atoms with Crippen molar-refractivity contribution < 1.29 is 22.7 Å². The molecule has 0 saturated carbocycles. The predicted molar refractivity (Wildman–Crippen MR) is 113 cm³/mol. The minimum atomic E-state index is -3.94. The van der Waals surface area contributed by atoms with Crippen LogP contribution in [-0.2, 0) is 19.6 Å². The summed E-state index contributed by atoms with van der Waals surface area (Å²) in [6, 6.07) is 12.4. The number of nitrogens with one attached hydrogen (secondary N) is 4. The molecule has 2 unspecified atom stereocenters. The van der Waals surface area contributed by atoms with Crippen molar-refractivity contribution in [3.8, 4) is 0 Å². The molecule has 0 bridgehead atoms. The molecule has 1 aliphatic heterocycles. The number of halogens is 1. The van der Waals surface area contributed by atoms with Crippen LogP contribution in [-0.4, -0.2) is 38.8 Å². The molecular weight excluding hydrogens is 432 g/mol. The van der Waals surface area contributed by atoms with E-state index in [1.807, 2.05) is 0 Å². The summed E-state index contributed by atoms with van der Waals surface area (Å²) in [6.07, 6.45) is 0. The van der Waals surface area contributed by atoms with Gasteiger partial charge in [-0.15, -0.1) is 0 Å². The Morgan fingerprint density at radius 2 is 1.90 bits per heavy atom. The summed E-state index contributed by atoms with van der Waals surface area (Å²) in [5.74, 6) is -1.94. The molecule has 0 aromatic heterocycles. The van der Waals surface area contributed by atoms with E-state index >= 15 is 0 Å². The number of hydrazine groups is 1. The molecule has 1 amide bonds. The average Bonchev–Trinajstić information content (AvgIpc) is 3.21. The topological polar surface area (TPSA) is 126 Å². The van der Waals surface area contributed by atoms with Crippen LogP contribution in [0.1, 0.15) is 17.3 Å². The van der Waals surface area contributed by atoms with Crippen LogP contribution in [0, 0.1) is 5.92 Å². The van der Waals surface area contributed by atoms with Crippen molar-refractivity contribution in [3.05, 3.63) is 59.1 Å². The molecule has 30 heavy (non-hydrogen) atoms. The number of ether oxygens (including phenoxy) is 1. The molecule has 1 aliphatic rings. The fourth-order valence-corrected chi connectivity index (χ4v) is 4.53. The van der Waals surface area contributed by atoms with Crippen LogP contribution >= 0.6 is 11.6 Å². The second-order valence-corrected chi connectivity index (χ2v) is 8.74. The monoisotopic (exact) mass is 452 g/mol. The first kappa shape index (κ1) is 22.0. The molecule has 1 heterocycles. The molecule has 1 fully saturated rings. The highest BCUT2D eigenvalue weighted by Gasteiger charge is 2.42. The van der Waals surface area contributed by atoms with Crippen molar-refractivity contribution in [1.82, 2.24) is 10.9 Å². The van der Waals surface area contributed by atoms with E-state index in [0.29, 0.717) is 16.4 Å². The molecule has 160 valence electrons. The average molecular weight is 453 g/mol. The third-order valence-corrected chi connectivity index (χ3v) is 6.24. The van der Waals surface area contributed by atoms with Gasteiger partial charge in [0.15, 0.2) is 5.37 Å². The molecule has 11 heteroatoms. The second kappa shape index (κ2) is 9.43. The lowest BCUT2D eigenvalue weighted by atomic mass is 10.1. The van der Waals surface area contributed by atoms with Gasteiger partial charge in [-0.25, -0.2) is 18.6 Å². The van der Waals surface area contributed by atoms with Crippen LogP contribution in [0.4, 0.5) is 11.4 Å². The number of anilines is 2. The fraction of sp³-hybridized carbons (Fsp3) is 0.263. The van der Waals surface area contributed by atoms with E-state index in [1.54, 1.807) is 37.3 Å². The van der Waals surface area contributed by atoms with Gasteiger partial charge in [-0.2, -0.15) is 0 Å². The second-order valence-electron chi connectivity index (χ2n) is 6.50. The Morgan fingerprint density at radius 1 is 1.17 bits per heavy atom. The summed E-state index contributed by atoms with van der Waals surface area (Å²) in [5.41, 5.74) is 6.31. The van der Waals surface area contributed by atoms with E-state index in [0.717, 1.165) is 0 Å². The number of esters is 1. The van der Waals surface area contributed by atoms with Crippen LogP contribution in [0.2, 0.25) is 5.02 Å². The highest BCUT2D eigenvalue weighted by molar-refractivity contribution is 7.93. The number of carbonyl (C=O) groups is 2. The van der Waals surface area contributed by atoms with Gasteiger partial charge < -0.3 is 10.1 Å². The fourth-order valence-electron chi connectivity index (χ4n) is 2.92. The van der Waals surface area contributed by atoms with Crippen LogP contribution in [0.25, 0.3) is 0 Å². The first-order valence-electron chi connectivity index (χ1n) is 9.14. The smallest absolute Gasteiger partial charge is 0.338 e. The summed E-state index contributed by atoms with van der Waals surface area (Å²) >= 11 is 5.82. The SMILES string of the molecule is CCOC(=O)c1cccc(NC(=O)C2CNNC2S(=O)(=O)Nc2ccc(Cl)cc2)c1. The van der Waals surface area contributed by atoms with Crippen molar-refractivity contribution in [2.24, 2.45) is 5.92 Å². The lowest BCUT2D eigenvalue weighted by molar-refractivity contribution is -0.119. The molecular formula is C19H21ClN4O5S. The maximum absolute atomic E-state index is 12.8. The van der Waals surface area contributed by atoms with E-state index in [4.69, 9.17) is 16.3 Å². The Bertz CT molecular complexity index is 1030. The van der Waals surface area contributed by atoms with Crippen LogP contribution in [0.5, 0.6) is 0 Å². The van der Waals surface area contributed by atoms with Crippen LogP contribution < -0.4 is 20.9 Å². The number of hydrogen-bond acceptors (Lipinski definition) is 7. The number of hydrogen-bond donors (Lipinski definition) is 4. The molecule has 2 aromatic carbocycles. The van der Waals surface area contributed by atoms with Gasteiger partial charge in [0.05, 0.1) is 18.1 Å². The first-order chi connectivity index (χ1) is 14.3. The molecule has 3 rings (SSSR count). The van der Waals surface area contributed by atoms with Crippen molar-refractivity contribution in [1.29, 1.82) is 0 Å². The largest absolute Gasteiger partial charge is 0.462 e. The molecule has 0 spiro atoms. The Labute approximate surface area is 179 Å². The van der Waals surface area contributed by atoms with E-state index in [1.165, 1.54) is 18.2 Å². The van der Waals surface area contributed by atoms with Crippen molar-refractivity contribution >= 4 is 44.9 Å². The highest BCUT2D eigenvalue weighted by atomic mass is 35.5. The lowest BCUT2D eigenvalue weighted by Gasteiger charge is -2.19. The normalized spacial score (nSPS) is 18.6. The number of benzene rings is 2. The van der Waals surface area contributed by atoms with Gasteiger partial charge in [0, 0.05) is 22.9 Å². The molecule has 4 N–H and O–H groups in total. The zero-order valence-corrected chi connectivity index (χ0v) is 17.6. The van der Waals surface area contributed by atoms with Crippen LogP contribution in [0.3, 0.4) is 0 Å². The predicted octanol–water partition coefficient (Wildman–Crippen LogP) is 1.95. The van der Waals surface area contributed by atoms with Gasteiger partial charge in [-0.05, 0) is 49.4 Å². The summed E-state index contributed by atoms with van der Waals surface area (Å²) in [6.45, 7) is 2.03. The van der Waals surface area contributed by atoms with Crippen LogP contribution in [0.15, 0.2) is 48.5 Å². The number of rotatable bonds is 7. The standard InChI is InChI=1S/C19H21ClN4O5S/c1-2-29-19(26)12-4-3-5-15(10-12)22-17(25)16-11-21-23-18(16)30(27,28)24-14-8-6-13(20)7-9-14/h3-10,16,18,21,23-24H,2,11H2,1H3,(H,22,25). The molecule has 0 aliphatic carbocycles. The zero-order chi connectivity index (χ0) is 21.7. The molecule has 0 radical (unpaired) electrons. The van der Waals surface area contributed by atoms with Gasteiger partial charge in [0.2, 0.25) is 5.91 Å². The number of carbonyl (C=O) groups excluding carboxylic acids is 2. The third-order valence-electron chi connectivity index (χ3n) is 4.35. The van der Waals surface area contributed by atoms with Gasteiger partial charge >= 0.3 is 5.97 Å². The zero-order valence-electron chi connectivity index (χ0n) is 16.0. The third kappa shape index (κ3) is 5.28. The quantitative estimate of drug-likeness (QED) is 0.473. The van der Waals surface area contributed by atoms with Gasteiger partial charge in [0.25, 0.3) is 10.0 Å². The molecule has 1 saturated heterocycles. The Hall–Kier alpha value is -2.66. The Morgan fingerprint density at radius 3 is 2.60 bits per heavy atom. The lowest BCUT2D eigenvalue weighted by Crippen LogP contribution is -2.45. The van der Waals surface area contributed by atoms with Crippen molar-refractivity contribution in [3.63, 3.8) is 0 Å². The van der Waals surface area contributed by atoms with Gasteiger partial charge in [0.1, 0.15) is 0 Å². The van der Waals surface area contributed by atoms with E-state index in [-0.39, 0.29) is 18.7 Å². The Kier molecular flexibility index (Phi) is 6.93. The Balaban J connectivity index is 1.72. The van der Waals surface area contributed by atoms with E-state index < -0.39 is 33.2 Å². The van der Waals surface area contributed by atoms with Crippen molar-refractivity contribution in [2.75, 3.05) is 23.2 Å². The molecule has 2 atom stereocenters. The summed E-state index contributed by atoms with van der Waals surface area (Å²) in [5, 5.41) is 1.92. The van der Waals surface area contributed by atoms with Gasteiger partial charge in [-0.1, -0.05) is 17.7 Å². The van der Waals surface area contributed by atoms with Crippen molar-refractivity contribution in [2.45, 2.75) is 12.3 Å². The number of amides is 1. The minimum Gasteiger partial charge on any atom is -0.462 e. The highest BCUT2D eigenvalue weighted by Crippen LogP contribution is 2.21. The first-order valence-corrected chi connectivity index (χ1v) is 11.1. The van der Waals surface area contributed by atoms with Gasteiger partial charge in [-0.3, -0.25) is 14.9 Å². The summed E-state index contributed by atoms with van der Waals surface area (Å²) < 4.78 is 33.0. The maximum atomic E-state index is 12.8. The number of sulfonamides is 1. The summed E-state index contributed by atoms with van der Waals surface area (Å²) in [7, 11) is -3.94.